The molecule has 0 N–H and O–H groups in total. The number of imidazole rings is 1. The van der Waals surface area contributed by atoms with E-state index in [1.807, 2.05) is 42.0 Å². The highest BCUT2D eigenvalue weighted by molar-refractivity contribution is 5.69. The van der Waals surface area contributed by atoms with Crippen LogP contribution in [0.15, 0.2) is 42.9 Å². The first-order valence-corrected chi connectivity index (χ1v) is 10.5. The van der Waals surface area contributed by atoms with Crippen LogP contribution in [0.4, 0.5) is 13.2 Å². The van der Waals surface area contributed by atoms with E-state index < -0.39 is 23.6 Å². The molecule has 34 heavy (non-hydrogen) atoms. The van der Waals surface area contributed by atoms with Crippen LogP contribution in [-0.2, 0) is 11.3 Å². The topological polar surface area (TPSA) is 67.0 Å². The molecule has 3 heterocycles. The molecular formula is C24H20F3N5O2. The fourth-order valence-corrected chi connectivity index (χ4v) is 3.84. The molecule has 0 spiro atoms. The molecule has 1 aliphatic heterocycles. The highest BCUT2D eigenvalue weighted by Crippen LogP contribution is 2.30. The zero-order chi connectivity index (χ0) is 23.8. The molecule has 0 aliphatic carbocycles. The van der Waals surface area contributed by atoms with Crippen molar-refractivity contribution < 1.29 is 22.6 Å². The molecule has 1 unspecified atom stereocenters. The Labute approximate surface area is 193 Å². The van der Waals surface area contributed by atoms with Crippen molar-refractivity contribution in [1.82, 2.24) is 24.3 Å². The molecule has 1 aliphatic rings. The highest BCUT2D eigenvalue weighted by Gasteiger charge is 2.28. The van der Waals surface area contributed by atoms with Gasteiger partial charge in [0.1, 0.15) is 11.9 Å². The minimum atomic E-state index is -1.52. The molecule has 5 rings (SSSR count). The van der Waals surface area contributed by atoms with Gasteiger partial charge in [-0.1, -0.05) is 12.1 Å². The van der Waals surface area contributed by atoms with Crippen molar-refractivity contribution in [2.45, 2.75) is 19.6 Å². The number of ether oxygens (including phenoxy) is 2. The zero-order valence-electron chi connectivity index (χ0n) is 18.4. The van der Waals surface area contributed by atoms with Gasteiger partial charge in [-0.25, -0.2) is 27.8 Å². The molecule has 10 heteroatoms. The lowest BCUT2D eigenvalue weighted by molar-refractivity contribution is 0.0385. The third-order valence-corrected chi connectivity index (χ3v) is 5.47. The SMILES string of the molecule is COc1cc(/C=C/c2nc3n(n2)CCOC3c2cc(F)c(F)c(F)c2)ccc1-n1cnc(C)c1. The molecule has 0 bridgehead atoms. The maximum absolute atomic E-state index is 13.7. The largest absolute Gasteiger partial charge is 0.495 e. The van der Waals surface area contributed by atoms with Crippen LogP contribution in [0, 0.1) is 24.4 Å². The minimum absolute atomic E-state index is 0.135. The summed E-state index contributed by atoms with van der Waals surface area (Å²) >= 11 is 0. The van der Waals surface area contributed by atoms with Gasteiger partial charge in [-0.05, 0) is 48.4 Å². The summed E-state index contributed by atoms with van der Waals surface area (Å²) in [4.78, 5) is 8.72. The van der Waals surface area contributed by atoms with E-state index in [2.05, 4.69) is 15.1 Å². The van der Waals surface area contributed by atoms with E-state index >= 15 is 0 Å². The average Bonchev–Trinajstić information content (AvgIpc) is 3.46. The van der Waals surface area contributed by atoms with Crippen molar-refractivity contribution in [3.05, 3.63) is 88.8 Å². The Kier molecular flexibility index (Phi) is 5.66. The summed E-state index contributed by atoms with van der Waals surface area (Å²) in [5.74, 6) is -2.61. The summed E-state index contributed by atoms with van der Waals surface area (Å²) in [5, 5.41) is 4.45. The van der Waals surface area contributed by atoms with Gasteiger partial charge in [-0.3, -0.25) is 0 Å². The second-order valence-corrected chi connectivity index (χ2v) is 7.79. The number of halogens is 3. The van der Waals surface area contributed by atoms with Crippen molar-refractivity contribution in [1.29, 1.82) is 0 Å². The summed E-state index contributed by atoms with van der Waals surface area (Å²) in [5.41, 5.74) is 2.75. The summed E-state index contributed by atoms with van der Waals surface area (Å²) in [6.07, 6.45) is 6.33. The lowest BCUT2D eigenvalue weighted by Crippen LogP contribution is -2.24. The molecule has 174 valence electrons. The Morgan fingerprint density at radius 3 is 2.62 bits per heavy atom. The maximum Gasteiger partial charge on any atom is 0.194 e. The number of aryl methyl sites for hydroxylation is 1. The normalized spacial score (nSPS) is 15.6. The Bertz CT molecular complexity index is 1370. The summed E-state index contributed by atoms with van der Waals surface area (Å²) < 4.78 is 55.6. The molecule has 0 amide bonds. The minimum Gasteiger partial charge on any atom is -0.495 e. The van der Waals surface area contributed by atoms with Crippen molar-refractivity contribution in [2.24, 2.45) is 0 Å². The Hall–Kier alpha value is -3.92. The lowest BCUT2D eigenvalue weighted by atomic mass is 10.1. The van der Waals surface area contributed by atoms with Crippen LogP contribution < -0.4 is 4.74 Å². The van der Waals surface area contributed by atoms with Gasteiger partial charge in [-0.2, -0.15) is 5.10 Å². The van der Waals surface area contributed by atoms with Crippen LogP contribution in [-0.4, -0.2) is 38.0 Å². The molecule has 1 atom stereocenters. The number of benzene rings is 2. The second kappa shape index (κ2) is 8.79. The first kappa shape index (κ1) is 21.9. The molecule has 0 saturated carbocycles. The number of nitrogens with zero attached hydrogens (tertiary/aromatic N) is 5. The monoisotopic (exact) mass is 467 g/mol. The Morgan fingerprint density at radius 2 is 1.91 bits per heavy atom. The molecule has 7 nitrogen and oxygen atoms in total. The molecule has 4 aromatic rings. The predicted molar refractivity (Wildman–Crippen MR) is 118 cm³/mol. The number of hydrogen-bond donors (Lipinski definition) is 0. The van der Waals surface area contributed by atoms with Gasteiger partial charge in [-0.15, -0.1) is 0 Å². The van der Waals surface area contributed by atoms with Gasteiger partial charge in [0, 0.05) is 6.20 Å². The maximum atomic E-state index is 13.7. The Morgan fingerprint density at radius 1 is 1.12 bits per heavy atom. The Balaban J connectivity index is 1.42. The molecule has 0 saturated heterocycles. The lowest BCUT2D eigenvalue weighted by Gasteiger charge is -2.23. The predicted octanol–water partition coefficient (Wildman–Crippen LogP) is 4.49. The van der Waals surface area contributed by atoms with Gasteiger partial charge >= 0.3 is 0 Å². The van der Waals surface area contributed by atoms with Crippen LogP contribution >= 0.6 is 0 Å². The third kappa shape index (κ3) is 4.08. The van der Waals surface area contributed by atoms with Crippen molar-refractivity contribution in [3.8, 4) is 11.4 Å². The number of methoxy groups -OCH3 is 1. The summed E-state index contributed by atoms with van der Waals surface area (Å²) in [7, 11) is 1.60. The van der Waals surface area contributed by atoms with Crippen LogP contribution in [0.5, 0.6) is 5.75 Å². The van der Waals surface area contributed by atoms with E-state index in [0.717, 1.165) is 29.1 Å². The van der Waals surface area contributed by atoms with Gasteiger partial charge in [0.05, 0.1) is 38.0 Å². The van der Waals surface area contributed by atoms with Crippen LogP contribution in [0.3, 0.4) is 0 Å². The average molecular weight is 467 g/mol. The first-order chi connectivity index (χ1) is 16.4. The van der Waals surface area contributed by atoms with Crippen molar-refractivity contribution in [2.75, 3.05) is 13.7 Å². The standard InChI is InChI=1S/C24H20F3N5O2/c1-14-12-31(13-28-14)19-5-3-15(9-20(19)33-2)4-6-21-29-24-23(34-8-7-32(24)30-21)16-10-17(25)22(27)18(26)11-16/h3-6,9-13,23H,7-8H2,1-2H3/b6-4+. The zero-order valence-corrected chi connectivity index (χ0v) is 18.4. The van der Waals surface area contributed by atoms with Gasteiger partial charge in [0.25, 0.3) is 0 Å². The van der Waals surface area contributed by atoms with Crippen molar-refractivity contribution in [3.63, 3.8) is 0 Å². The molecule has 0 radical (unpaired) electrons. The molecular weight excluding hydrogens is 447 g/mol. The van der Waals surface area contributed by atoms with Crippen LogP contribution in [0.1, 0.15) is 34.6 Å². The summed E-state index contributed by atoms with van der Waals surface area (Å²) in [6.45, 7) is 2.62. The number of fused-ring (bicyclic) bond motifs is 1. The smallest absolute Gasteiger partial charge is 0.194 e. The summed E-state index contributed by atoms with van der Waals surface area (Å²) in [6, 6.07) is 7.56. The van der Waals surface area contributed by atoms with E-state index in [1.54, 1.807) is 24.2 Å². The van der Waals surface area contributed by atoms with E-state index in [1.165, 1.54) is 0 Å². The quantitative estimate of drug-likeness (QED) is 0.405. The van der Waals surface area contributed by atoms with Crippen LogP contribution in [0.25, 0.3) is 17.8 Å². The van der Waals surface area contributed by atoms with E-state index in [9.17, 15) is 13.2 Å². The third-order valence-electron chi connectivity index (χ3n) is 5.47. The highest BCUT2D eigenvalue weighted by atomic mass is 19.2. The second-order valence-electron chi connectivity index (χ2n) is 7.79. The molecule has 2 aromatic carbocycles. The fourth-order valence-electron chi connectivity index (χ4n) is 3.84. The van der Waals surface area contributed by atoms with E-state index in [-0.39, 0.29) is 12.2 Å². The fraction of sp³-hybridized carbons (Fsp3) is 0.208. The van der Waals surface area contributed by atoms with Gasteiger partial charge in [0.2, 0.25) is 0 Å². The van der Waals surface area contributed by atoms with E-state index in [0.29, 0.717) is 23.9 Å². The van der Waals surface area contributed by atoms with Gasteiger partial charge in [0.15, 0.2) is 29.1 Å². The number of aromatic nitrogens is 5. The number of rotatable bonds is 5. The van der Waals surface area contributed by atoms with E-state index in [4.69, 9.17) is 9.47 Å². The molecule has 0 fully saturated rings. The van der Waals surface area contributed by atoms with Crippen LogP contribution in [0.2, 0.25) is 0 Å². The first-order valence-electron chi connectivity index (χ1n) is 10.5. The van der Waals surface area contributed by atoms with Gasteiger partial charge < -0.3 is 14.0 Å². The number of hydrogen-bond acceptors (Lipinski definition) is 5. The molecule has 2 aromatic heterocycles. The van der Waals surface area contributed by atoms with Crippen molar-refractivity contribution >= 4 is 12.2 Å².